The van der Waals surface area contributed by atoms with Crippen molar-refractivity contribution in [1.29, 1.82) is 0 Å². The number of imidazole rings is 1. The van der Waals surface area contributed by atoms with Gasteiger partial charge in [0.15, 0.2) is 0 Å². The molecule has 2 fully saturated rings. The van der Waals surface area contributed by atoms with Gasteiger partial charge < -0.3 is 9.88 Å². The minimum absolute atomic E-state index is 0.688. The highest BCUT2D eigenvalue weighted by atomic mass is 15.1. The highest BCUT2D eigenvalue weighted by Gasteiger charge is 2.24. The molecule has 3 rings (SSSR count). The maximum Gasteiger partial charge on any atom is 0.0950 e. The summed E-state index contributed by atoms with van der Waals surface area (Å²) in [4.78, 5) is 4.43. The van der Waals surface area contributed by atoms with E-state index in [1.54, 1.807) is 0 Å². The summed E-state index contributed by atoms with van der Waals surface area (Å²) >= 11 is 0. The molecule has 100 valence electrons. The Bertz CT molecular complexity index is 379. The lowest BCUT2D eigenvalue weighted by atomic mass is 10.0. The summed E-state index contributed by atoms with van der Waals surface area (Å²) in [7, 11) is 0. The first-order valence-corrected chi connectivity index (χ1v) is 7.57. The van der Waals surface area contributed by atoms with Crippen molar-refractivity contribution in [3.63, 3.8) is 0 Å². The molecule has 0 amide bonds. The number of hydrogen-bond acceptors (Lipinski definition) is 2. The van der Waals surface area contributed by atoms with Crippen molar-refractivity contribution in [2.45, 2.75) is 57.4 Å². The number of hydrogen-bond donors (Lipinski definition) is 1. The average molecular weight is 247 g/mol. The normalized spacial score (nSPS) is 33.5. The van der Waals surface area contributed by atoms with Crippen molar-refractivity contribution >= 4 is 0 Å². The van der Waals surface area contributed by atoms with E-state index >= 15 is 0 Å². The third-order valence-electron chi connectivity index (χ3n) is 4.79. The maximum absolute atomic E-state index is 4.43. The van der Waals surface area contributed by atoms with Crippen molar-refractivity contribution < 1.29 is 0 Å². The number of rotatable bonds is 2. The van der Waals surface area contributed by atoms with Gasteiger partial charge in [-0.1, -0.05) is 19.8 Å². The van der Waals surface area contributed by atoms with Crippen LogP contribution in [-0.4, -0.2) is 22.6 Å². The van der Waals surface area contributed by atoms with Gasteiger partial charge in [0.25, 0.3) is 0 Å². The molecule has 1 aliphatic carbocycles. The van der Waals surface area contributed by atoms with E-state index in [-0.39, 0.29) is 0 Å². The van der Waals surface area contributed by atoms with Crippen LogP contribution >= 0.6 is 0 Å². The Morgan fingerprint density at radius 1 is 1.22 bits per heavy atom. The Morgan fingerprint density at radius 2 is 2.17 bits per heavy atom. The number of nitrogens with one attached hydrogen (secondary N) is 1. The van der Waals surface area contributed by atoms with Crippen molar-refractivity contribution in [3.8, 4) is 0 Å². The van der Waals surface area contributed by atoms with Crippen LogP contribution in [0.2, 0.25) is 0 Å². The molecule has 1 aromatic heterocycles. The van der Waals surface area contributed by atoms with Gasteiger partial charge in [-0.3, -0.25) is 0 Å². The lowest BCUT2D eigenvalue weighted by molar-refractivity contribution is 0.415. The predicted molar refractivity (Wildman–Crippen MR) is 73.7 cm³/mol. The van der Waals surface area contributed by atoms with E-state index in [0.29, 0.717) is 12.0 Å². The van der Waals surface area contributed by atoms with Crippen molar-refractivity contribution in [2.24, 2.45) is 5.92 Å². The smallest absolute Gasteiger partial charge is 0.0950 e. The van der Waals surface area contributed by atoms with Crippen LogP contribution in [0, 0.1) is 5.92 Å². The lowest BCUT2D eigenvalue weighted by Crippen LogP contribution is -2.15. The van der Waals surface area contributed by atoms with Crippen molar-refractivity contribution in [3.05, 3.63) is 18.2 Å². The minimum atomic E-state index is 0.688. The fourth-order valence-corrected chi connectivity index (χ4v) is 3.59. The Labute approximate surface area is 110 Å². The summed E-state index contributed by atoms with van der Waals surface area (Å²) in [6.07, 6.45) is 12.3. The molecule has 18 heavy (non-hydrogen) atoms. The van der Waals surface area contributed by atoms with Crippen LogP contribution in [0.15, 0.2) is 12.5 Å². The summed E-state index contributed by atoms with van der Waals surface area (Å²) in [5, 5.41) is 3.47. The highest BCUT2D eigenvalue weighted by Crippen LogP contribution is 2.33. The molecule has 1 saturated carbocycles. The summed E-state index contributed by atoms with van der Waals surface area (Å²) < 4.78 is 2.50. The summed E-state index contributed by atoms with van der Waals surface area (Å²) in [6, 6.07) is 0.702. The summed E-state index contributed by atoms with van der Waals surface area (Å²) in [6.45, 7) is 4.70. The highest BCUT2D eigenvalue weighted by molar-refractivity contribution is 5.10. The van der Waals surface area contributed by atoms with Crippen molar-refractivity contribution in [2.75, 3.05) is 13.1 Å². The fraction of sp³-hybridized carbons (Fsp3) is 0.800. The molecular weight excluding hydrogens is 222 g/mol. The molecule has 2 aliphatic rings. The zero-order valence-corrected chi connectivity index (χ0v) is 11.4. The Morgan fingerprint density at radius 3 is 3.00 bits per heavy atom. The van der Waals surface area contributed by atoms with Gasteiger partial charge in [0.05, 0.1) is 6.33 Å². The van der Waals surface area contributed by atoms with Gasteiger partial charge in [0.2, 0.25) is 0 Å². The van der Waals surface area contributed by atoms with E-state index < -0.39 is 0 Å². The second-order valence-corrected chi connectivity index (χ2v) is 6.18. The molecular formula is C15H25N3. The van der Waals surface area contributed by atoms with Crippen LogP contribution in [0.25, 0.3) is 0 Å². The lowest BCUT2D eigenvalue weighted by Gasteiger charge is -2.21. The zero-order valence-electron chi connectivity index (χ0n) is 11.4. The first-order chi connectivity index (χ1) is 8.84. The van der Waals surface area contributed by atoms with Crippen LogP contribution in [0.3, 0.4) is 0 Å². The molecule has 2 heterocycles. The molecule has 0 spiro atoms. The molecule has 0 bridgehead atoms. The molecule has 0 radical (unpaired) electrons. The molecule has 1 aliphatic heterocycles. The van der Waals surface area contributed by atoms with Gasteiger partial charge >= 0.3 is 0 Å². The summed E-state index contributed by atoms with van der Waals surface area (Å²) in [5.41, 5.74) is 1.47. The second-order valence-electron chi connectivity index (χ2n) is 6.18. The van der Waals surface area contributed by atoms with E-state index in [1.807, 2.05) is 0 Å². The largest absolute Gasteiger partial charge is 0.331 e. The predicted octanol–water partition coefficient (Wildman–Crippen LogP) is 3.10. The van der Waals surface area contributed by atoms with Crippen LogP contribution in [0.4, 0.5) is 0 Å². The van der Waals surface area contributed by atoms with Crippen LogP contribution < -0.4 is 5.32 Å². The topological polar surface area (TPSA) is 29.9 Å². The van der Waals surface area contributed by atoms with E-state index in [9.17, 15) is 0 Å². The Kier molecular flexibility index (Phi) is 3.69. The van der Waals surface area contributed by atoms with Crippen LogP contribution in [0.1, 0.15) is 63.1 Å². The number of nitrogens with zero attached hydrogens (tertiary/aromatic N) is 2. The SMILES string of the molecule is CC1CCCC(n2cncc2C2CCNC2)CC1. The van der Waals surface area contributed by atoms with Crippen molar-refractivity contribution in [1.82, 2.24) is 14.9 Å². The van der Waals surface area contributed by atoms with Gasteiger partial charge in [-0.25, -0.2) is 4.98 Å². The molecule has 1 aromatic rings. The van der Waals surface area contributed by atoms with E-state index in [4.69, 9.17) is 0 Å². The molecule has 3 nitrogen and oxygen atoms in total. The van der Waals surface area contributed by atoms with Gasteiger partial charge in [-0.05, 0) is 38.1 Å². The molecule has 3 unspecified atom stereocenters. The molecule has 3 heteroatoms. The summed E-state index contributed by atoms with van der Waals surface area (Å²) in [5.74, 6) is 1.60. The first kappa shape index (κ1) is 12.2. The van der Waals surface area contributed by atoms with Crippen LogP contribution in [-0.2, 0) is 0 Å². The van der Waals surface area contributed by atoms with Gasteiger partial charge in [0.1, 0.15) is 0 Å². The van der Waals surface area contributed by atoms with Crippen LogP contribution in [0.5, 0.6) is 0 Å². The molecule has 1 saturated heterocycles. The zero-order chi connectivity index (χ0) is 12.4. The standard InChI is InChI=1S/C15H25N3/c1-12-3-2-4-14(6-5-12)18-11-17-10-15(18)13-7-8-16-9-13/h10-14,16H,2-9H2,1H3. The Balaban J connectivity index is 1.76. The van der Waals surface area contributed by atoms with E-state index in [0.717, 1.165) is 19.0 Å². The molecule has 1 N–H and O–H groups in total. The third-order valence-corrected chi connectivity index (χ3v) is 4.79. The van der Waals surface area contributed by atoms with Gasteiger partial charge in [-0.15, -0.1) is 0 Å². The average Bonchev–Trinajstić information content (AvgIpc) is 2.99. The van der Waals surface area contributed by atoms with E-state index in [2.05, 4.69) is 34.3 Å². The van der Waals surface area contributed by atoms with E-state index in [1.165, 1.54) is 44.2 Å². The van der Waals surface area contributed by atoms with Gasteiger partial charge in [-0.2, -0.15) is 0 Å². The fourth-order valence-electron chi connectivity index (χ4n) is 3.59. The minimum Gasteiger partial charge on any atom is -0.331 e. The molecule has 0 aromatic carbocycles. The van der Waals surface area contributed by atoms with Gasteiger partial charge in [0, 0.05) is 30.4 Å². The Hall–Kier alpha value is -0.830. The first-order valence-electron chi connectivity index (χ1n) is 7.57. The third kappa shape index (κ3) is 2.46. The number of aromatic nitrogens is 2. The quantitative estimate of drug-likeness (QED) is 0.814. The second kappa shape index (κ2) is 5.43. The monoisotopic (exact) mass is 247 g/mol. The maximum atomic E-state index is 4.43. The molecule has 3 atom stereocenters.